The maximum Gasteiger partial charge on any atom is 0.237 e. The number of carbonyl (C=O) groups excluding carboxylic acids is 2. The van der Waals surface area contributed by atoms with Gasteiger partial charge in [-0.1, -0.05) is 6.92 Å². The van der Waals surface area contributed by atoms with Gasteiger partial charge in [0.2, 0.25) is 17.7 Å². The second-order valence-electron chi connectivity index (χ2n) is 4.97. The molecule has 6 heteroatoms. The Bertz CT molecular complexity index is 504. The van der Waals surface area contributed by atoms with Gasteiger partial charge in [0.05, 0.1) is 7.11 Å². The lowest BCUT2D eigenvalue weighted by Crippen LogP contribution is -2.29. The topological polar surface area (TPSA) is 80.3 Å². The van der Waals surface area contributed by atoms with Crippen LogP contribution in [0.15, 0.2) is 18.3 Å². The van der Waals surface area contributed by atoms with Crippen LogP contribution in [0.4, 0.5) is 5.69 Å². The predicted molar refractivity (Wildman–Crippen MR) is 74.3 cm³/mol. The van der Waals surface area contributed by atoms with Crippen molar-refractivity contribution in [2.45, 2.75) is 19.8 Å². The van der Waals surface area contributed by atoms with Gasteiger partial charge in [-0.3, -0.25) is 9.59 Å². The number of pyridine rings is 1. The third-order valence-electron chi connectivity index (χ3n) is 3.34. The normalized spacial score (nSPS) is 20.1. The molecule has 2 amide bonds. The van der Waals surface area contributed by atoms with E-state index in [2.05, 4.69) is 15.6 Å². The first-order chi connectivity index (χ1) is 9.61. The van der Waals surface area contributed by atoms with E-state index in [1.54, 1.807) is 18.3 Å². The third kappa shape index (κ3) is 3.69. The summed E-state index contributed by atoms with van der Waals surface area (Å²) in [6.07, 6.45) is 2.77. The van der Waals surface area contributed by atoms with Gasteiger partial charge in [0, 0.05) is 25.1 Å². The molecule has 1 aliphatic carbocycles. The molecular formula is C14H19N3O3. The second kappa shape index (κ2) is 6.36. The maximum atomic E-state index is 11.8. The molecule has 1 fully saturated rings. The quantitative estimate of drug-likeness (QED) is 0.818. The zero-order valence-corrected chi connectivity index (χ0v) is 11.7. The molecule has 0 radical (unpaired) electrons. The molecule has 2 rings (SSSR count). The third-order valence-corrected chi connectivity index (χ3v) is 3.34. The van der Waals surface area contributed by atoms with Gasteiger partial charge in [0.1, 0.15) is 5.69 Å². The fourth-order valence-electron chi connectivity index (χ4n) is 1.98. The minimum absolute atomic E-state index is 0.0456. The molecule has 1 aromatic rings. The monoisotopic (exact) mass is 277 g/mol. The number of ether oxygens (including phenoxy) is 1. The summed E-state index contributed by atoms with van der Waals surface area (Å²) in [4.78, 5) is 27.3. The summed E-state index contributed by atoms with van der Waals surface area (Å²) < 4.78 is 5.04. The molecule has 1 aliphatic rings. The van der Waals surface area contributed by atoms with E-state index in [0.29, 0.717) is 24.0 Å². The van der Waals surface area contributed by atoms with E-state index in [9.17, 15) is 9.59 Å². The molecule has 0 saturated heterocycles. The average Bonchev–Trinajstić information content (AvgIpc) is 3.16. The van der Waals surface area contributed by atoms with Gasteiger partial charge >= 0.3 is 0 Å². The van der Waals surface area contributed by atoms with Crippen molar-refractivity contribution in [3.05, 3.63) is 18.3 Å². The minimum Gasteiger partial charge on any atom is -0.480 e. The Kier molecular flexibility index (Phi) is 4.55. The molecule has 0 spiro atoms. The fraction of sp³-hybridized carbons (Fsp3) is 0.500. The van der Waals surface area contributed by atoms with Gasteiger partial charge < -0.3 is 15.4 Å². The number of aromatic nitrogens is 1. The summed E-state index contributed by atoms with van der Waals surface area (Å²) in [5, 5.41) is 5.48. The molecule has 0 aromatic carbocycles. The van der Waals surface area contributed by atoms with Crippen LogP contribution >= 0.6 is 0 Å². The Labute approximate surface area is 117 Å². The smallest absolute Gasteiger partial charge is 0.237 e. The van der Waals surface area contributed by atoms with Gasteiger partial charge in [-0.15, -0.1) is 0 Å². The average molecular weight is 277 g/mol. The highest BCUT2D eigenvalue weighted by atomic mass is 16.5. The lowest BCUT2D eigenvalue weighted by atomic mass is 10.3. The number of rotatable bonds is 6. The molecule has 108 valence electrons. The minimum atomic E-state index is -0.180. The zero-order valence-electron chi connectivity index (χ0n) is 11.7. The summed E-state index contributed by atoms with van der Waals surface area (Å²) >= 11 is 0. The number of hydrogen-bond acceptors (Lipinski definition) is 4. The lowest BCUT2D eigenvalue weighted by molar-refractivity contribution is -0.122. The Balaban J connectivity index is 1.74. The van der Waals surface area contributed by atoms with Crippen LogP contribution in [0.2, 0.25) is 0 Å². The molecule has 2 atom stereocenters. The van der Waals surface area contributed by atoms with Crippen LogP contribution in [0.5, 0.6) is 5.88 Å². The Hall–Kier alpha value is -2.11. The Morgan fingerprint density at radius 2 is 2.25 bits per heavy atom. The molecule has 6 nitrogen and oxygen atoms in total. The predicted octanol–water partition coefficient (Wildman–Crippen LogP) is 1.19. The number of amides is 2. The van der Waals surface area contributed by atoms with Crippen molar-refractivity contribution in [3.8, 4) is 5.88 Å². The van der Waals surface area contributed by atoms with Crippen LogP contribution < -0.4 is 15.4 Å². The summed E-state index contributed by atoms with van der Waals surface area (Å²) in [5.74, 6) is 0.848. The molecule has 2 N–H and O–H groups in total. The fourth-order valence-corrected chi connectivity index (χ4v) is 1.98. The van der Waals surface area contributed by atoms with Gasteiger partial charge in [-0.25, -0.2) is 4.98 Å². The Morgan fingerprint density at radius 1 is 1.50 bits per heavy atom. The number of hydrogen-bond donors (Lipinski definition) is 2. The van der Waals surface area contributed by atoms with Crippen molar-refractivity contribution in [3.63, 3.8) is 0 Å². The summed E-state index contributed by atoms with van der Waals surface area (Å²) in [7, 11) is 1.50. The standard InChI is InChI=1S/C14H19N3O3/c1-9-8-10(9)13(19)15-7-5-12(18)17-11-4-3-6-16-14(11)20-2/h3-4,6,9-10H,5,7-8H2,1-2H3,(H,15,19)(H,17,18)/t9-,10-/m1/s1. The number of methoxy groups -OCH3 is 1. The molecule has 0 unspecified atom stereocenters. The van der Waals surface area contributed by atoms with Gasteiger partial charge in [-0.05, 0) is 24.5 Å². The van der Waals surface area contributed by atoms with Gasteiger partial charge in [-0.2, -0.15) is 0 Å². The zero-order chi connectivity index (χ0) is 14.5. The van der Waals surface area contributed by atoms with Crippen molar-refractivity contribution >= 4 is 17.5 Å². The highest BCUT2D eigenvalue weighted by Gasteiger charge is 2.38. The molecule has 20 heavy (non-hydrogen) atoms. The first kappa shape index (κ1) is 14.3. The van der Waals surface area contributed by atoms with Crippen LogP contribution in [0.25, 0.3) is 0 Å². The SMILES string of the molecule is COc1ncccc1NC(=O)CCNC(=O)[C@@H]1C[C@H]1C. The molecule has 0 bridgehead atoms. The molecule has 0 aliphatic heterocycles. The van der Waals surface area contributed by atoms with E-state index in [-0.39, 0.29) is 24.2 Å². The van der Waals surface area contributed by atoms with Crippen molar-refractivity contribution in [2.75, 3.05) is 19.0 Å². The largest absolute Gasteiger partial charge is 0.480 e. The van der Waals surface area contributed by atoms with Crippen LogP contribution in [0, 0.1) is 11.8 Å². The van der Waals surface area contributed by atoms with Crippen LogP contribution in [-0.2, 0) is 9.59 Å². The van der Waals surface area contributed by atoms with Crippen molar-refractivity contribution in [2.24, 2.45) is 11.8 Å². The van der Waals surface area contributed by atoms with E-state index in [0.717, 1.165) is 6.42 Å². The summed E-state index contributed by atoms with van der Waals surface area (Å²) in [5.41, 5.74) is 0.530. The van der Waals surface area contributed by atoms with Gasteiger partial charge in [0.25, 0.3) is 0 Å². The lowest BCUT2D eigenvalue weighted by Gasteiger charge is -2.09. The van der Waals surface area contributed by atoms with Gasteiger partial charge in [0.15, 0.2) is 0 Å². The van der Waals surface area contributed by atoms with E-state index in [4.69, 9.17) is 4.74 Å². The van der Waals surface area contributed by atoms with Crippen molar-refractivity contribution in [1.29, 1.82) is 0 Å². The van der Waals surface area contributed by atoms with E-state index >= 15 is 0 Å². The number of anilines is 1. The molecular weight excluding hydrogens is 258 g/mol. The number of nitrogens with zero attached hydrogens (tertiary/aromatic N) is 1. The van der Waals surface area contributed by atoms with E-state index in [1.807, 2.05) is 6.92 Å². The number of carbonyl (C=O) groups is 2. The number of nitrogens with one attached hydrogen (secondary N) is 2. The van der Waals surface area contributed by atoms with Crippen molar-refractivity contribution in [1.82, 2.24) is 10.3 Å². The first-order valence-corrected chi connectivity index (χ1v) is 6.68. The van der Waals surface area contributed by atoms with E-state index in [1.165, 1.54) is 7.11 Å². The van der Waals surface area contributed by atoms with Crippen molar-refractivity contribution < 1.29 is 14.3 Å². The molecule has 1 saturated carbocycles. The maximum absolute atomic E-state index is 11.8. The highest BCUT2D eigenvalue weighted by Crippen LogP contribution is 2.37. The summed E-state index contributed by atoms with van der Waals surface area (Å²) in [6.45, 7) is 2.39. The first-order valence-electron chi connectivity index (χ1n) is 6.68. The molecule has 1 aromatic heterocycles. The van der Waals surface area contributed by atoms with Crippen LogP contribution in [0.1, 0.15) is 19.8 Å². The Morgan fingerprint density at radius 3 is 2.90 bits per heavy atom. The summed E-state index contributed by atoms with van der Waals surface area (Å²) in [6, 6.07) is 3.43. The van der Waals surface area contributed by atoms with Crippen LogP contribution in [-0.4, -0.2) is 30.5 Å². The van der Waals surface area contributed by atoms with E-state index < -0.39 is 0 Å². The second-order valence-corrected chi connectivity index (χ2v) is 4.97. The molecule has 1 heterocycles. The van der Waals surface area contributed by atoms with Crippen LogP contribution in [0.3, 0.4) is 0 Å². The highest BCUT2D eigenvalue weighted by molar-refractivity contribution is 5.92.